The lowest BCUT2D eigenvalue weighted by molar-refractivity contribution is -0.384. The van der Waals surface area contributed by atoms with Crippen molar-refractivity contribution >= 4 is 11.5 Å². The zero-order valence-electron chi connectivity index (χ0n) is 12.4. The molecular formula is C14H18N6O2. The lowest BCUT2D eigenvalue weighted by Crippen LogP contribution is -2.36. The molecule has 3 rings (SSSR count). The third-order valence-corrected chi connectivity index (χ3v) is 4.04. The van der Waals surface area contributed by atoms with Crippen LogP contribution in [0.15, 0.2) is 24.7 Å². The second kappa shape index (κ2) is 6.08. The largest absolute Gasteiger partial charge is 0.350 e. The summed E-state index contributed by atoms with van der Waals surface area (Å²) in [7, 11) is 0. The molecule has 1 atom stereocenters. The fraction of sp³-hybridized carbons (Fsp3) is 0.500. The lowest BCUT2D eigenvalue weighted by Gasteiger charge is -2.32. The molecule has 2 aromatic rings. The zero-order chi connectivity index (χ0) is 15.5. The monoisotopic (exact) mass is 302 g/mol. The molecule has 22 heavy (non-hydrogen) atoms. The predicted molar refractivity (Wildman–Crippen MR) is 80.8 cm³/mol. The molecule has 1 saturated heterocycles. The van der Waals surface area contributed by atoms with Gasteiger partial charge < -0.3 is 9.47 Å². The maximum absolute atomic E-state index is 11.2. The molecule has 0 radical (unpaired) electrons. The first kappa shape index (κ1) is 14.4. The number of rotatable bonds is 4. The standard InChI is InChI=1S/C14H18N6O2/c1-2-18-10-16-17-13(18)11-5-4-8-19(9-11)14-12(20(21)22)6-3-7-15-14/h3,6-7,10-11H,2,4-5,8-9H2,1H3. The van der Waals surface area contributed by atoms with Crippen molar-refractivity contribution < 1.29 is 4.92 Å². The van der Waals surface area contributed by atoms with E-state index < -0.39 is 0 Å². The van der Waals surface area contributed by atoms with Gasteiger partial charge in [-0.1, -0.05) is 0 Å². The van der Waals surface area contributed by atoms with E-state index in [1.165, 1.54) is 6.07 Å². The summed E-state index contributed by atoms with van der Waals surface area (Å²) in [6.45, 7) is 4.32. The smallest absolute Gasteiger partial charge is 0.311 e. The highest BCUT2D eigenvalue weighted by molar-refractivity contribution is 5.57. The molecule has 1 unspecified atom stereocenters. The van der Waals surface area contributed by atoms with Crippen LogP contribution < -0.4 is 4.90 Å². The van der Waals surface area contributed by atoms with Crippen LogP contribution in [0.3, 0.4) is 0 Å². The summed E-state index contributed by atoms with van der Waals surface area (Å²) in [5, 5.41) is 19.4. The van der Waals surface area contributed by atoms with Gasteiger partial charge in [0.1, 0.15) is 12.2 Å². The highest BCUT2D eigenvalue weighted by Crippen LogP contribution is 2.32. The van der Waals surface area contributed by atoms with Crippen LogP contribution in [0.2, 0.25) is 0 Å². The second-order valence-corrected chi connectivity index (χ2v) is 5.36. The first-order chi connectivity index (χ1) is 10.7. The maximum atomic E-state index is 11.2. The number of pyridine rings is 1. The first-order valence-electron chi connectivity index (χ1n) is 7.42. The number of hydrogen-bond acceptors (Lipinski definition) is 6. The Morgan fingerprint density at radius 2 is 2.36 bits per heavy atom. The van der Waals surface area contributed by atoms with E-state index >= 15 is 0 Å². The molecule has 8 nitrogen and oxygen atoms in total. The highest BCUT2D eigenvalue weighted by atomic mass is 16.6. The number of hydrogen-bond donors (Lipinski definition) is 0. The number of aromatic nitrogens is 4. The molecule has 0 amide bonds. The molecule has 8 heteroatoms. The van der Waals surface area contributed by atoms with Crippen LogP contribution in [0.1, 0.15) is 31.5 Å². The van der Waals surface area contributed by atoms with E-state index in [9.17, 15) is 10.1 Å². The Morgan fingerprint density at radius 1 is 1.50 bits per heavy atom. The normalized spacial score (nSPS) is 18.4. The number of piperidine rings is 1. The third kappa shape index (κ3) is 2.63. The molecule has 0 spiro atoms. The average molecular weight is 302 g/mol. The molecule has 0 bridgehead atoms. The third-order valence-electron chi connectivity index (χ3n) is 4.04. The highest BCUT2D eigenvalue weighted by Gasteiger charge is 2.29. The van der Waals surface area contributed by atoms with Crippen LogP contribution in [-0.2, 0) is 6.54 Å². The molecule has 2 aromatic heterocycles. The Kier molecular flexibility index (Phi) is 3.99. The van der Waals surface area contributed by atoms with Crippen LogP contribution in [-0.4, -0.2) is 37.8 Å². The lowest BCUT2D eigenvalue weighted by atomic mass is 9.97. The van der Waals surface area contributed by atoms with Crippen molar-refractivity contribution in [3.63, 3.8) is 0 Å². The maximum Gasteiger partial charge on any atom is 0.311 e. The minimum atomic E-state index is -0.375. The summed E-state index contributed by atoms with van der Waals surface area (Å²) in [6.07, 6.45) is 5.29. The van der Waals surface area contributed by atoms with Crippen LogP contribution in [0, 0.1) is 10.1 Å². The topological polar surface area (TPSA) is 90.0 Å². The molecule has 1 aliphatic rings. The van der Waals surface area contributed by atoms with Gasteiger partial charge in [0.05, 0.1) is 4.92 Å². The average Bonchev–Trinajstić information content (AvgIpc) is 3.03. The fourth-order valence-corrected chi connectivity index (χ4v) is 2.98. The summed E-state index contributed by atoms with van der Waals surface area (Å²) in [6, 6.07) is 3.09. The van der Waals surface area contributed by atoms with Gasteiger partial charge in [0.25, 0.3) is 0 Å². The van der Waals surface area contributed by atoms with E-state index in [-0.39, 0.29) is 16.5 Å². The number of anilines is 1. The van der Waals surface area contributed by atoms with Gasteiger partial charge in [-0.2, -0.15) is 0 Å². The van der Waals surface area contributed by atoms with Crippen molar-refractivity contribution in [1.82, 2.24) is 19.7 Å². The van der Waals surface area contributed by atoms with Crippen molar-refractivity contribution in [3.05, 3.63) is 40.6 Å². The van der Waals surface area contributed by atoms with Gasteiger partial charge in [-0.3, -0.25) is 10.1 Å². The predicted octanol–water partition coefficient (Wildman–Crippen LogP) is 1.99. The van der Waals surface area contributed by atoms with Crippen molar-refractivity contribution in [3.8, 4) is 0 Å². The quantitative estimate of drug-likeness (QED) is 0.633. The Hall–Kier alpha value is -2.51. The van der Waals surface area contributed by atoms with Crippen molar-refractivity contribution in [2.75, 3.05) is 18.0 Å². The van der Waals surface area contributed by atoms with Crippen LogP contribution in [0.5, 0.6) is 0 Å². The van der Waals surface area contributed by atoms with Gasteiger partial charge in [-0.05, 0) is 25.8 Å². The molecule has 116 valence electrons. The molecule has 0 aromatic carbocycles. The summed E-state index contributed by atoms with van der Waals surface area (Å²) in [5.74, 6) is 1.61. The molecule has 3 heterocycles. The van der Waals surface area contributed by atoms with Gasteiger partial charge >= 0.3 is 5.69 Å². The van der Waals surface area contributed by atoms with E-state index in [1.807, 2.05) is 9.47 Å². The molecular weight excluding hydrogens is 284 g/mol. The summed E-state index contributed by atoms with van der Waals surface area (Å²) < 4.78 is 2.03. The SMILES string of the molecule is CCn1cnnc1C1CCCN(c2ncccc2[N+](=O)[O-])C1. The molecule has 0 N–H and O–H groups in total. The van der Waals surface area contributed by atoms with E-state index in [0.717, 1.165) is 31.8 Å². The Bertz CT molecular complexity index is 671. The molecule has 1 fully saturated rings. The van der Waals surface area contributed by atoms with Crippen molar-refractivity contribution in [2.45, 2.75) is 32.2 Å². The summed E-state index contributed by atoms with van der Waals surface area (Å²) >= 11 is 0. The minimum absolute atomic E-state index is 0.0557. The Morgan fingerprint density at radius 3 is 3.14 bits per heavy atom. The van der Waals surface area contributed by atoms with Crippen molar-refractivity contribution in [2.24, 2.45) is 0 Å². The van der Waals surface area contributed by atoms with E-state index in [2.05, 4.69) is 22.1 Å². The summed E-state index contributed by atoms with van der Waals surface area (Å²) in [4.78, 5) is 17.0. The summed E-state index contributed by atoms with van der Waals surface area (Å²) in [5.41, 5.74) is 0.0557. The van der Waals surface area contributed by atoms with E-state index in [1.54, 1.807) is 18.6 Å². The number of nitrogens with zero attached hydrogens (tertiary/aromatic N) is 6. The minimum Gasteiger partial charge on any atom is -0.350 e. The van der Waals surface area contributed by atoms with Gasteiger partial charge in [0.15, 0.2) is 0 Å². The zero-order valence-corrected chi connectivity index (χ0v) is 12.4. The van der Waals surface area contributed by atoms with E-state index in [0.29, 0.717) is 12.4 Å². The van der Waals surface area contributed by atoms with Gasteiger partial charge in [-0.15, -0.1) is 10.2 Å². The molecule has 1 aliphatic heterocycles. The van der Waals surface area contributed by atoms with Crippen LogP contribution >= 0.6 is 0 Å². The van der Waals surface area contributed by atoms with Gasteiger partial charge in [0, 0.05) is 37.8 Å². The Labute approximate surface area is 127 Å². The number of nitro groups is 1. The first-order valence-corrected chi connectivity index (χ1v) is 7.42. The van der Waals surface area contributed by atoms with Crippen LogP contribution in [0.4, 0.5) is 11.5 Å². The van der Waals surface area contributed by atoms with Gasteiger partial charge in [-0.25, -0.2) is 4.98 Å². The molecule has 0 saturated carbocycles. The molecule has 0 aliphatic carbocycles. The fourth-order valence-electron chi connectivity index (χ4n) is 2.98. The van der Waals surface area contributed by atoms with Crippen LogP contribution in [0.25, 0.3) is 0 Å². The van der Waals surface area contributed by atoms with Crippen molar-refractivity contribution in [1.29, 1.82) is 0 Å². The number of aryl methyl sites for hydroxylation is 1. The van der Waals surface area contributed by atoms with Gasteiger partial charge in [0.2, 0.25) is 5.82 Å². The van der Waals surface area contributed by atoms with E-state index in [4.69, 9.17) is 0 Å². The second-order valence-electron chi connectivity index (χ2n) is 5.36. The Balaban J connectivity index is 1.86.